The summed E-state index contributed by atoms with van der Waals surface area (Å²) in [5.74, 6) is 0.118. The standard InChI is InChI=1S/C12H15N3O5/c1-7(14-17)11(15-18)12(16)13-9-5-4-8(19-2)6-10(9)20-3/h4-6,17-18H,1-3H3,(H,13,16)/p-1/b14-7+,15-11-. The maximum absolute atomic E-state index is 11.9. The molecule has 0 aliphatic heterocycles. The fraction of sp³-hybridized carbons (Fsp3) is 0.250. The summed E-state index contributed by atoms with van der Waals surface area (Å²) in [7, 11) is 2.92. The van der Waals surface area contributed by atoms with Crippen molar-refractivity contribution in [2.75, 3.05) is 19.5 Å². The van der Waals surface area contributed by atoms with E-state index in [1.807, 2.05) is 0 Å². The van der Waals surface area contributed by atoms with Gasteiger partial charge in [-0.1, -0.05) is 5.16 Å². The Morgan fingerprint density at radius 1 is 1.35 bits per heavy atom. The van der Waals surface area contributed by atoms with E-state index in [9.17, 15) is 10.0 Å². The molecule has 1 aromatic rings. The van der Waals surface area contributed by atoms with Crippen LogP contribution in [0.5, 0.6) is 11.5 Å². The summed E-state index contributed by atoms with van der Waals surface area (Å²) < 4.78 is 10.1. The summed E-state index contributed by atoms with van der Waals surface area (Å²) in [4.78, 5) is 11.9. The summed E-state index contributed by atoms with van der Waals surface area (Å²) in [6.45, 7) is 1.26. The number of amides is 1. The highest BCUT2D eigenvalue weighted by Crippen LogP contribution is 2.28. The van der Waals surface area contributed by atoms with E-state index in [2.05, 4.69) is 15.6 Å². The Bertz CT molecular complexity index is 554. The van der Waals surface area contributed by atoms with Crippen LogP contribution in [0, 0.1) is 5.21 Å². The van der Waals surface area contributed by atoms with Crippen molar-refractivity contribution in [1.82, 2.24) is 0 Å². The van der Waals surface area contributed by atoms with Crippen molar-refractivity contribution in [2.45, 2.75) is 6.92 Å². The maximum Gasteiger partial charge on any atom is 0.279 e. The van der Waals surface area contributed by atoms with Gasteiger partial charge in [0.2, 0.25) is 0 Å². The van der Waals surface area contributed by atoms with Gasteiger partial charge in [0.25, 0.3) is 5.91 Å². The second-order valence-electron chi connectivity index (χ2n) is 3.65. The molecular weight excluding hydrogens is 266 g/mol. The molecule has 20 heavy (non-hydrogen) atoms. The molecule has 0 unspecified atom stereocenters. The average molecular weight is 280 g/mol. The van der Waals surface area contributed by atoms with Gasteiger partial charge in [-0.05, 0) is 19.1 Å². The van der Waals surface area contributed by atoms with Crippen molar-refractivity contribution >= 4 is 23.0 Å². The summed E-state index contributed by atoms with van der Waals surface area (Å²) in [5, 5.41) is 26.9. The molecule has 0 saturated heterocycles. The van der Waals surface area contributed by atoms with Crippen LogP contribution in [0.3, 0.4) is 0 Å². The van der Waals surface area contributed by atoms with Gasteiger partial charge < -0.3 is 30.4 Å². The normalized spacial score (nSPS) is 11.9. The van der Waals surface area contributed by atoms with E-state index in [-0.39, 0.29) is 5.71 Å². The number of hydrogen-bond acceptors (Lipinski definition) is 7. The molecule has 1 rings (SSSR count). The summed E-state index contributed by atoms with van der Waals surface area (Å²) in [6.07, 6.45) is 0. The predicted octanol–water partition coefficient (Wildman–Crippen LogP) is 1.43. The quantitative estimate of drug-likeness (QED) is 0.481. The molecule has 0 aliphatic rings. The highest BCUT2D eigenvalue weighted by atomic mass is 16.5. The monoisotopic (exact) mass is 280 g/mol. The number of rotatable bonds is 5. The third-order valence-corrected chi connectivity index (χ3v) is 2.45. The molecule has 2 N–H and O–H groups in total. The van der Waals surface area contributed by atoms with Crippen molar-refractivity contribution in [3.8, 4) is 11.5 Å². The number of carbonyl (C=O) groups is 1. The van der Waals surface area contributed by atoms with Gasteiger partial charge in [-0.25, -0.2) is 0 Å². The number of ether oxygens (including phenoxy) is 2. The van der Waals surface area contributed by atoms with Gasteiger partial charge in [0.05, 0.1) is 25.6 Å². The second kappa shape index (κ2) is 6.98. The Kier molecular flexibility index (Phi) is 5.33. The minimum absolute atomic E-state index is 0.238. The predicted molar refractivity (Wildman–Crippen MR) is 73.9 cm³/mol. The Morgan fingerprint density at radius 2 is 2.05 bits per heavy atom. The third-order valence-electron chi connectivity index (χ3n) is 2.45. The topological polar surface area (TPSA) is 116 Å². The van der Waals surface area contributed by atoms with Crippen LogP contribution in [-0.4, -0.2) is 36.8 Å². The van der Waals surface area contributed by atoms with E-state index in [1.165, 1.54) is 21.1 Å². The van der Waals surface area contributed by atoms with E-state index in [1.54, 1.807) is 18.2 Å². The minimum atomic E-state index is -0.784. The molecule has 0 atom stereocenters. The molecule has 0 spiro atoms. The van der Waals surface area contributed by atoms with E-state index in [0.717, 1.165) is 0 Å². The van der Waals surface area contributed by atoms with Crippen molar-refractivity contribution < 1.29 is 19.5 Å². The number of oxime groups is 1. The van der Waals surface area contributed by atoms with Crippen molar-refractivity contribution in [2.24, 2.45) is 10.3 Å². The molecule has 0 heterocycles. The van der Waals surface area contributed by atoms with Crippen molar-refractivity contribution in [3.63, 3.8) is 0 Å². The number of hydrogen-bond donors (Lipinski definition) is 2. The van der Waals surface area contributed by atoms with Crippen LogP contribution in [-0.2, 0) is 4.79 Å². The SMILES string of the molecule is COc1ccc(NC(=O)C(=N\O)/C(C)=N/[O-])c(OC)c1. The smallest absolute Gasteiger partial charge is 0.279 e. The van der Waals surface area contributed by atoms with Crippen LogP contribution in [0.25, 0.3) is 0 Å². The molecule has 0 radical (unpaired) electrons. The lowest BCUT2D eigenvalue weighted by Crippen LogP contribution is -2.28. The molecule has 0 bridgehead atoms. The van der Waals surface area contributed by atoms with Crippen LogP contribution in [0.1, 0.15) is 6.92 Å². The van der Waals surface area contributed by atoms with Crippen LogP contribution in [0.4, 0.5) is 5.69 Å². The zero-order valence-corrected chi connectivity index (χ0v) is 11.2. The molecule has 108 valence electrons. The molecule has 0 aliphatic carbocycles. The molecule has 8 nitrogen and oxygen atoms in total. The lowest BCUT2D eigenvalue weighted by Gasteiger charge is -2.12. The highest BCUT2D eigenvalue weighted by molar-refractivity contribution is 6.68. The summed E-state index contributed by atoms with van der Waals surface area (Å²) >= 11 is 0. The minimum Gasteiger partial charge on any atom is -0.792 e. The van der Waals surface area contributed by atoms with E-state index < -0.39 is 11.6 Å². The van der Waals surface area contributed by atoms with E-state index in [4.69, 9.17) is 14.7 Å². The van der Waals surface area contributed by atoms with E-state index >= 15 is 0 Å². The van der Waals surface area contributed by atoms with Crippen molar-refractivity contribution in [3.05, 3.63) is 23.4 Å². The Hall–Kier alpha value is -2.77. The van der Waals surface area contributed by atoms with Crippen molar-refractivity contribution in [1.29, 1.82) is 0 Å². The molecule has 0 fully saturated rings. The highest BCUT2D eigenvalue weighted by Gasteiger charge is 2.17. The fourth-order valence-electron chi connectivity index (χ4n) is 1.41. The maximum atomic E-state index is 11.9. The van der Waals surface area contributed by atoms with Crippen LogP contribution < -0.4 is 14.8 Å². The fourth-order valence-corrected chi connectivity index (χ4v) is 1.41. The van der Waals surface area contributed by atoms with Gasteiger partial charge in [0.1, 0.15) is 11.5 Å². The number of carbonyl (C=O) groups excluding carboxylic acids is 1. The number of methoxy groups -OCH3 is 2. The van der Waals surface area contributed by atoms with Crippen LogP contribution >= 0.6 is 0 Å². The Balaban J connectivity index is 3.01. The van der Waals surface area contributed by atoms with Crippen LogP contribution in [0.15, 0.2) is 28.5 Å². The van der Waals surface area contributed by atoms with Gasteiger partial charge in [-0.15, -0.1) is 0 Å². The summed E-state index contributed by atoms with van der Waals surface area (Å²) in [5.41, 5.74) is -0.381. The van der Waals surface area contributed by atoms with Crippen LogP contribution in [0.2, 0.25) is 0 Å². The second-order valence-corrected chi connectivity index (χ2v) is 3.65. The first kappa shape index (κ1) is 15.3. The number of nitrogens with one attached hydrogen (secondary N) is 1. The van der Waals surface area contributed by atoms with E-state index in [0.29, 0.717) is 17.2 Å². The molecule has 1 aromatic carbocycles. The lowest BCUT2D eigenvalue weighted by atomic mass is 10.2. The molecule has 0 saturated carbocycles. The van der Waals surface area contributed by atoms with Gasteiger partial charge in [-0.2, -0.15) is 0 Å². The van der Waals surface area contributed by atoms with Gasteiger partial charge in [0, 0.05) is 6.07 Å². The average Bonchev–Trinajstić information content (AvgIpc) is 2.48. The third kappa shape index (κ3) is 3.37. The van der Waals surface area contributed by atoms with Gasteiger partial charge in [-0.3, -0.25) is 4.79 Å². The number of benzene rings is 1. The molecular formula is C12H14N3O5-. The Labute approximate surface area is 115 Å². The lowest BCUT2D eigenvalue weighted by molar-refractivity contribution is -0.110. The zero-order chi connectivity index (χ0) is 15.1. The Morgan fingerprint density at radius 3 is 2.55 bits per heavy atom. The molecule has 0 aromatic heterocycles. The van der Waals surface area contributed by atoms with Gasteiger partial charge in [0.15, 0.2) is 5.71 Å². The molecule has 1 amide bonds. The zero-order valence-electron chi connectivity index (χ0n) is 11.2. The first-order valence-electron chi connectivity index (χ1n) is 5.50. The molecule has 8 heteroatoms. The number of anilines is 1. The first-order chi connectivity index (χ1) is 9.57. The van der Waals surface area contributed by atoms with Gasteiger partial charge >= 0.3 is 0 Å². The largest absolute Gasteiger partial charge is 0.792 e. The summed E-state index contributed by atoms with van der Waals surface area (Å²) in [6, 6.07) is 4.73. The number of nitrogens with zero attached hydrogens (tertiary/aromatic N) is 2. The first-order valence-corrected chi connectivity index (χ1v) is 5.50.